The third kappa shape index (κ3) is 3.79. The number of benzene rings is 1. The number of halogens is 1. The predicted octanol–water partition coefficient (Wildman–Crippen LogP) is 4.59. The van der Waals surface area contributed by atoms with Gasteiger partial charge in [0.05, 0.1) is 22.7 Å². The normalized spacial score (nSPS) is 24.7. The molecule has 5 rings (SSSR count). The molecule has 0 saturated heterocycles. The van der Waals surface area contributed by atoms with Gasteiger partial charge in [0, 0.05) is 13.2 Å². The summed E-state index contributed by atoms with van der Waals surface area (Å²) in [6, 6.07) is 6.95. The van der Waals surface area contributed by atoms with Gasteiger partial charge >= 0.3 is 0 Å². The second-order valence-corrected chi connectivity index (χ2v) is 9.70. The molecule has 2 aromatic heterocycles. The lowest BCUT2D eigenvalue weighted by Gasteiger charge is -2.45. The molecule has 2 saturated carbocycles. The fourth-order valence-corrected chi connectivity index (χ4v) is 5.76. The minimum atomic E-state index is -0.858. The van der Waals surface area contributed by atoms with E-state index in [1.165, 1.54) is 17.8 Å². The molecule has 4 atom stereocenters. The van der Waals surface area contributed by atoms with Crippen LogP contribution in [0.4, 0.5) is 10.2 Å². The van der Waals surface area contributed by atoms with Gasteiger partial charge < -0.3 is 10.0 Å². The van der Waals surface area contributed by atoms with E-state index in [1.807, 2.05) is 24.1 Å². The van der Waals surface area contributed by atoms with Gasteiger partial charge in [0.25, 0.3) is 0 Å². The minimum absolute atomic E-state index is 0.0150. The van der Waals surface area contributed by atoms with Gasteiger partial charge in [0.1, 0.15) is 18.0 Å². The lowest BCUT2D eigenvalue weighted by Crippen LogP contribution is -2.49. The molecule has 2 heterocycles. The zero-order chi connectivity index (χ0) is 22.2. The molecule has 1 aromatic carbocycles. The number of nitriles is 1. The van der Waals surface area contributed by atoms with Crippen molar-refractivity contribution in [3.63, 3.8) is 0 Å². The van der Waals surface area contributed by atoms with Crippen LogP contribution in [0.3, 0.4) is 0 Å². The molecule has 0 spiro atoms. The Morgan fingerprint density at radius 1 is 1.19 bits per heavy atom. The number of hydrogen-bond donors (Lipinski definition) is 1. The molecule has 0 aliphatic heterocycles. The van der Waals surface area contributed by atoms with Crippen molar-refractivity contribution in [3.05, 3.63) is 35.6 Å². The summed E-state index contributed by atoms with van der Waals surface area (Å²) in [5.41, 5.74) is 1.21. The summed E-state index contributed by atoms with van der Waals surface area (Å²) in [4.78, 5) is 11.1. The average molecular weight is 451 g/mol. The first-order valence-corrected chi connectivity index (χ1v) is 11.6. The molecular formula is C23H23FN6OS. The number of thiazole rings is 1. The van der Waals surface area contributed by atoms with Crippen LogP contribution in [-0.4, -0.2) is 44.5 Å². The summed E-state index contributed by atoms with van der Waals surface area (Å²) in [5.74, 6) is 1.58. The van der Waals surface area contributed by atoms with E-state index >= 15 is 4.39 Å². The Hall–Kier alpha value is -3.12. The third-order valence-corrected chi connectivity index (χ3v) is 7.70. The first-order valence-electron chi connectivity index (χ1n) is 10.8. The number of phenolic OH excluding ortho intramolecular Hbond substituents is 1. The van der Waals surface area contributed by atoms with Crippen LogP contribution in [-0.2, 0) is 0 Å². The molecule has 0 unspecified atom stereocenters. The average Bonchev–Trinajstić information content (AvgIpc) is 3.31. The summed E-state index contributed by atoms with van der Waals surface area (Å²) < 4.78 is 15.1. The molecule has 32 heavy (non-hydrogen) atoms. The van der Waals surface area contributed by atoms with Crippen molar-refractivity contribution in [2.45, 2.75) is 44.3 Å². The van der Waals surface area contributed by atoms with Crippen LogP contribution < -0.4 is 4.90 Å². The highest BCUT2D eigenvalue weighted by atomic mass is 32.1. The number of phenols is 1. The molecule has 164 valence electrons. The lowest BCUT2D eigenvalue weighted by atomic mass is 9.69. The van der Waals surface area contributed by atoms with Crippen molar-refractivity contribution in [1.29, 1.82) is 5.26 Å². The summed E-state index contributed by atoms with van der Waals surface area (Å²) in [6.07, 6.45) is 7.47. The van der Waals surface area contributed by atoms with Crippen LogP contribution in [0, 0.1) is 23.2 Å². The quantitative estimate of drug-likeness (QED) is 0.620. The topological polar surface area (TPSA) is 98.8 Å². The molecule has 2 bridgehead atoms. The Balaban J connectivity index is 1.35. The molecule has 2 fully saturated rings. The molecule has 0 radical (unpaired) electrons. The van der Waals surface area contributed by atoms with Gasteiger partial charge in [0.15, 0.2) is 16.6 Å². The Morgan fingerprint density at radius 2 is 2.06 bits per heavy atom. The van der Waals surface area contributed by atoms with Gasteiger partial charge in [-0.2, -0.15) is 5.26 Å². The van der Waals surface area contributed by atoms with Gasteiger partial charge in [-0.05, 0) is 48.8 Å². The first kappa shape index (κ1) is 20.8. The molecular weight excluding hydrogens is 427 g/mol. The van der Waals surface area contributed by atoms with Crippen LogP contribution in [0.25, 0.3) is 21.8 Å². The van der Waals surface area contributed by atoms with E-state index in [9.17, 15) is 5.11 Å². The van der Waals surface area contributed by atoms with E-state index in [1.54, 1.807) is 24.5 Å². The molecule has 2 aliphatic rings. The van der Waals surface area contributed by atoms with E-state index in [0.717, 1.165) is 36.1 Å². The van der Waals surface area contributed by atoms with Crippen molar-refractivity contribution in [1.82, 2.24) is 20.2 Å². The van der Waals surface area contributed by atoms with E-state index in [2.05, 4.69) is 20.2 Å². The van der Waals surface area contributed by atoms with Gasteiger partial charge in [-0.1, -0.05) is 18.9 Å². The molecule has 9 heteroatoms. The van der Waals surface area contributed by atoms with Crippen LogP contribution in [0.2, 0.25) is 0 Å². The summed E-state index contributed by atoms with van der Waals surface area (Å²) in [7, 11) is 1.86. The van der Waals surface area contributed by atoms with Crippen LogP contribution in [0.5, 0.6) is 5.75 Å². The second kappa shape index (κ2) is 8.43. The van der Waals surface area contributed by atoms with E-state index in [0.29, 0.717) is 28.1 Å². The number of rotatable bonds is 4. The standard InChI is InChI=1S/C23H23FN6OS/c1-30(17-8-13-3-2-4-15(7-13)22(17)24)20-12-27-23(29-28-20)16-6-5-14(9-18(16)31)19-11-26-21(10-25)32-19/h5-6,9,11-13,15,17,22,31H,2-4,7-8H2,1H3/t13-,15+,17+,22-/m0/s1. The highest BCUT2D eigenvalue weighted by molar-refractivity contribution is 7.15. The van der Waals surface area contributed by atoms with Gasteiger partial charge in [-0.15, -0.1) is 21.5 Å². The summed E-state index contributed by atoms with van der Waals surface area (Å²) in [6.45, 7) is 0. The van der Waals surface area contributed by atoms with Crippen molar-refractivity contribution < 1.29 is 9.50 Å². The zero-order valence-corrected chi connectivity index (χ0v) is 18.5. The number of nitrogens with zero attached hydrogens (tertiary/aromatic N) is 6. The maximum absolute atomic E-state index is 15.1. The van der Waals surface area contributed by atoms with Gasteiger partial charge in [-0.3, -0.25) is 0 Å². The second-order valence-electron chi connectivity index (χ2n) is 8.66. The smallest absolute Gasteiger partial charge is 0.194 e. The highest BCUT2D eigenvalue weighted by Gasteiger charge is 2.42. The number of fused-ring (bicyclic) bond motifs is 2. The zero-order valence-electron chi connectivity index (χ0n) is 17.6. The van der Waals surface area contributed by atoms with Crippen molar-refractivity contribution in [2.75, 3.05) is 11.9 Å². The van der Waals surface area contributed by atoms with E-state index in [-0.39, 0.29) is 17.7 Å². The monoisotopic (exact) mass is 450 g/mol. The Labute approximate surface area is 189 Å². The SMILES string of the molecule is CN(c1cnc(-c2ccc(-c3cnc(C#N)s3)cc2O)nn1)[C@@H]1C[C@H]2CCC[C@H](C2)[C@@H]1F. The van der Waals surface area contributed by atoms with Crippen LogP contribution >= 0.6 is 11.3 Å². The number of aromatic hydroxyl groups is 1. The predicted molar refractivity (Wildman–Crippen MR) is 120 cm³/mol. The Morgan fingerprint density at radius 3 is 2.78 bits per heavy atom. The molecule has 0 amide bonds. The maximum Gasteiger partial charge on any atom is 0.194 e. The fraction of sp³-hybridized carbons (Fsp3) is 0.435. The molecule has 7 nitrogen and oxygen atoms in total. The Kier molecular flexibility index (Phi) is 5.47. The lowest BCUT2D eigenvalue weighted by molar-refractivity contribution is 0.0656. The number of hydrogen-bond acceptors (Lipinski definition) is 8. The number of alkyl halides is 1. The molecule has 1 N–H and O–H groups in total. The van der Waals surface area contributed by atoms with Crippen molar-refractivity contribution in [2.24, 2.45) is 11.8 Å². The Bertz CT molecular complexity index is 1160. The largest absolute Gasteiger partial charge is 0.507 e. The number of anilines is 1. The van der Waals surface area contributed by atoms with E-state index < -0.39 is 6.17 Å². The number of aromatic nitrogens is 4. The molecule has 2 aliphatic carbocycles. The van der Waals surface area contributed by atoms with Gasteiger partial charge in [-0.25, -0.2) is 14.4 Å². The maximum atomic E-state index is 15.1. The fourth-order valence-electron chi connectivity index (χ4n) is 5.05. The molecule has 3 aromatic rings. The highest BCUT2D eigenvalue weighted by Crippen LogP contribution is 2.43. The van der Waals surface area contributed by atoms with E-state index in [4.69, 9.17) is 5.26 Å². The third-order valence-electron chi connectivity index (χ3n) is 6.75. The first-order chi connectivity index (χ1) is 15.5. The summed E-state index contributed by atoms with van der Waals surface area (Å²) >= 11 is 1.26. The van der Waals surface area contributed by atoms with Gasteiger partial charge in [0.2, 0.25) is 0 Å². The van der Waals surface area contributed by atoms with Crippen molar-refractivity contribution >= 4 is 17.2 Å². The summed E-state index contributed by atoms with van der Waals surface area (Å²) in [5, 5.41) is 28.3. The van der Waals surface area contributed by atoms with Crippen LogP contribution in [0.1, 0.15) is 37.1 Å². The van der Waals surface area contributed by atoms with Crippen molar-refractivity contribution in [3.8, 4) is 33.6 Å². The van der Waals surface area contributed by atoms with Crippen LogP contribution in [0.15, 0.2) is 30.6 Å². The minimum Gasteiger partial charge on any atom is -0.507 e.